The molecule has 0 radical (unpaired) electrons. The van der Waals surface area contributed by atoms with Crippen LogP contribution >= 0.6 is 11.8 Å². The van der Waals surface area contributed by atoms with Crippen molar-refractivity contribution in [3.05, 3.63) is 0 Å². The quantitative estimate of drug-likeness (QED) is 0.359. The molecule has 1 atom stereocenters. The number of halogens is 3. The van der Waals surface area contributed by atoms with Gasteiger partial charge in [0.1, 0.15) is 5.92 Å². The molecule has 1 unspecified atom stereocenters. The lowest BCUT2D eigenvalue weighted by molar-refractivity contribution is -0.160. The zero-order valence-corrected chi connectivity index (χ0v) is 11.2. The Labute approximate surface area is 108 Å². The number of rotatable bonds is 3. The Hall–Kier alpha value is -0.630. The molecule has 1 aliphatic heterocycles. The van der Waals surface area contributed by atoms with Crippen LogP contribution in [0.15, 0.2) is 5.16 Å². The van der Waals surface area contributed by atoms with Gasteiger partial charge in [0.25, 0.3) is 0 Å². The van der Waals surface area contributed by atoms with Gasteiger partial charge in [-0.05, 0) is 13.8 Å². The molecule has 3 N–H and O–H groups in total. The Balaban J connectivity index is 2.73. The van der Waals surface area contributed by atoms with Gasteiger partial charge in [-0.25, -0.2) is 0 Å². The predicted octanol–water partition coefficient (Wildman–Crippen LogP) is 1.74. The van der Waals surface area contributed by atoms with Crippen LogP contribution in [0.3, 0.4) is 0 Å². The highest BCUT2D eigenvalue weighted by Crippen LogP contribution is 2.32. The molecule has 106 valence electrons. The van der Waals surface area contributed by atoms with Gasteiger partial charge in [-0.1, -0.05) is 5.16 Å². The van der Waals surface area contributed by atoms with Crippen LogP contribution in [-0.2, 0) is 0 Å². The number of nitrogens with two attached hydrogens (primary N) is 1. The molecule has 0 amide bonds. The van der Waals surface area contributed by atoms with E-state index in [1.54, 1.807) is 16.7 Å². The van der Waals surface area contributed by atoms with E-state index in [9.17, 15) is 13.2 Å². The highest BCUT2D eigenvalue weighted by Gasteiger charge is 2.44. The number of nitrogens with zero attached hydrogens (tertiary/aromatic N) is 2. The lowest BCUT2D eigenvalue weighted by atomic mass is 10.1. The van der Waals surface area contributed by atoms with E-state index < -0.39 is 17.9 Å². The Morgan fingerprint density at radius 1 is 1.56 bits per heavy atom. The number of alkyl halides is 3. The van der Waals surface area contributed by atoms with E-state index in [2.05, 4.69) is 5.16 Å². The number of amidine groups is 1. The minimum Gasteiger partial charge on any atom is -0.409 e. The van der Waals surface area contributed by atoms with E-state index in [0.717, 1.165) is 5.75 Å². The normalized spacial score (nSPS) is 23.9. The molecule has 1 fully saturated rings. The van der Waals surface area contributed by atoms with E-state index >= 15 is 0 Å². The molecule has 1 heterocycles. The lowest BCUT2D eigenvalue weighted by Gasteiger charge is -2.39. The van der Waals surface area contributed by atoms with Gasteiger partial charge in [-0.15, -0.1) is 0 Å². The van der Waals surface area contributed by atoms with Crippen molar-refractivity contribution in [1.29, 1.82) is 0 Å². The summed E-state index contributed by atoms with van der Waals surface area (Å²) in [6.07, 6.45) is -4.49. The maximum atomic E-state index is 12.8. The average molecular weight is 285 g/mol. The highest BCUT2D eigenvalue weighted by molar-refractivity contribution is 8.00. The molecule has 0 aliphatic carbocycles. The van der Waals surface area contributed by atoms with Crippen LogP contribution in [-0.4, -0.2) is 52.3 Å². The molecular formula is C10H18F3N3OS. The zero-order valence-electron chi connectivity index (χ0n) is 10.4. The third-order valence-electron chi connectivity index (χ3n) is 2.81. The monoisotopic (exact) mass is 285 g/mol. The minimum absolute atomic E-state index is 0.0699. The molecule has 1 saturated heterocycles. The first-order chi connectivity index (χ1) is 8.15. The van der Waals surface area contributed by atoms with E-state index in [-0.39, 0.29) is 11.3 Å². The summed E-state index contributed by atoms with van der Waals surface area (Å²) >= 11 is 1.74. The van der Waals surface area contributed by atoms with E-state index in [0.29, 0.717) is 13.1 Å². The number of hydrogen-bond donors (Lipinski definition) is 2. The van der Waals surface area contributed by atoms with Crippen molar-refractivity contribution >= 4 is 17.6 Å². The van der Waals surface area contributed by atoms with Crippen molar-refractivity contribution in [3.8, 4) is 0 Å². The van der Waals surface area contributed by atoms with Crippen molar-refractivity contribution in [3.63, 3.8) is 0 Å². The van der Waals surface area contributed by atoms with Gasteiger partial charge >= 0.3 is 6.18 Å². The summed E-state index contributed by atoms with van der Waals surface area (Å²) in [6.45, 7) is 4.87. The standard InChI is InChI=1S/C10H18F3N3OS/c1-9(2)6-16(3-4-18-9)5-7(8(14)15-17)10(11,12)13/h7,17H,3-6H2,1-2H3,(H2,14,15). The van der Waals surface area contributed by atoms with Crippen molar-refractivity contribution in [2.45, 2.75) is 24.8 Å². The van der Waals surface area contributed by atoms with Crippen molar-refractivity contribution < 1.29 is 18.4 Å². The topological polar surface area (TPSA) is 61.8 Å². The first kappa shape index (κ1) is 15.4. The van der Waals surface area contributed by atoms with Crippen LogP contribution in [0.1, 0.15) is 13.8 Å². The summed E-state index contributed by atoms with van der Waals surface area (Å²) in [4.78, 5) is 1.71. The molecule has 1 rings (SSSR count). The second kappa shape index (κ2) is 5.56. The molecule has 0 spiro atoms. The SMILES string of the molecule is CC1(C)CN(CC(C(N)=NO)C(F)(F)F)CCS1. The van der Waals surface area contributed by atoms with Gasteiger partial charge in [-0.3, -0.25) is 0 Å². The van der Waals surface area contributed by atoms with E-state index in [4.69, 9.17) is 10.9 Å². The van der Waals surface area contributed by atoms with Crippen LogP contribution in [0.2, 0.25) is 0 Å². The Kier molecular flexibility index (Phi) is 4.77. The third-order valence-corrected chi connectivity index (χ3v) is 4.11. The largest absolute Gasteiger partial charge is 0.409 e. The molecule has 0 aromatic heterocycles. The second-order valence-electron chi connectivity index (χ2n) is 4.96. The Morgan fingerprint density at radius 2 is 2.17 bits per heavy atom. The molecule has 0 saturated carbocycles. The fraction of sp³-hybridized carbons (Fsp3) is 0.900. The maximum Gasteiger partial charge on any atom is 0.400 e. The fourth-order valence-corrected chi connectivity index (χ4v) is 3.14. The molecular weight excluding hydrogens is 267 g/mol. The van der Waals surface area contributed by atoms with Crippen molar-refractivity contribution in [2.75, 3.05) is 25.4 Å². The molecule has 0 aromatic carbocycles. The zero-order chi connectivity index (χ0) is 14.0. The smallest absolute Gasteiger partial charge is 0.400 e. The third kappa shape index (κ3) is 4.24. The summed E-state index contributed by atoms with van der Waals surface area (Å²) < 4.78 is 38.3. The molecule has 18 heavy (non-hydrogen) atoms. The summed E-state index contributed by atoms with van der Waals surface area (Å²) in [5, 5.41) is 10.9. The van der Waals surface area contributed by atoms with Gasteiger partial charge in [0.05, 0.1) is 0 Å². The highest BCUT2D eigenvalue weighted by atomic mass is 32.2. The van der Waals surface area contributed by atoms with Crippen LogP contribution in [0, 0.1) is 5.92 Å². The van der Waals surface area contributed by atoms with Gasteiger partial charge in [0, 0.05) is 30.1 Å². The predicted molar refractivity (Wildman–Crippen MR) is 65.9 cm³/mol. The average Bonchev–Trinajstić information content (AvgIpc) is 2.22. The van der Waals surface area contributed by atoms with Crippen LogP contribution in [0.25, 0.3) is 0 Å². The number of hydrogen-bond acceptors (Lipinski definition) is 4. The second-order valence-corrected chi connectivity index (χ2v) is 6.76. The molecule has 0 aromatic rings. The number of thioether (sulfide) groups is 1. The van der Waals surface area contributed by atoms with Gasteiger partial charge in [0.2, 0.25) is 0 Å². The number of oxime groups is 1. The van der Waals surface area contributed by atoms with Crippen molar-refractivity contribution in [2.24, 2.45) is 16.8 Å². The maximum absolute atomic E-state index is 12.8. The van der Waals surface area contributed by atoms with Gasteiger partial charge < -0.3 is 15.8 Å². The van der Waals surface area contributed by atoms with Gasteiger partial charge in [-0.2, -0.15) is 24.9 Å². The van der Waals surface area contributed by atoms with Crippen LogP contribution in [0.5, 0.6) is 0 Å². The first-order valence-corrected chi connectivity index (χ1v) is 6.55. The summed E-state index contributed by atoms with van der Waals surface area (Å²) in [5.74, 6) is -1.91. The lowest BCUT2D eigenvalue weighted by Crippen LogP contribution is -2.50. The molecule has 1 aliphatic rings. The Bertz CT molecular complexity index is 320. The minimum atomic E-state index is -4.49. The summed E-state index contributed by atoms with van der Waals surface area (Å²) in [5.41, 5.74) is 5.14. The van der Waals surface area contributed by atoms with E-state index in [1.807, 2.05) is 13.8 Å². The van der Waals surface area contributed by atoms with Crippen molar-refractivity contribution in [1.82, 2.24) is 4.90 Å². The fourth-order valence-electron chi connectivity index (χ4n) is 1.96. The molecule has 0 bridgehead atoms. The summed E-state index contributed by atoms with van der Waals surface area (Å²) in [7, 11) is 0. The van der Waals surface area contributed by atoms with Crippen LogP contribution in [0.4, 0.5) is 13.2 Å². The van der Waals surface area contributed by atoms with Crippen LogP contribution < -0.4 is 5.73 Å². The molecule has 4 nitrogen and oxygen atoms in total. The molecule has 8 heteroatoms. The summed E-state index contributed by atoms with van der Waals surface area (Å²) in [6, 6.07) is 0. The van der Waals surface area contributed by atoms with Gasteiger partial charge in [0.15, 0.2) is 5.84 Å². The van der Waals surface area contributed by atoms with E-state index in [1.165, 1.54) is 0 Å². The first-order valence-electron chi connectivity index (χ1n) is 5.56. The Morgan fingerprint density at radius 3 is 2.61 bits per heavy atom.